The number of carbonyl (C=O) groups is 1. The minimum Gasteiger partial charge on any atom is -0.508 e. The third-order valence-electron chi connectivity index (χ3n) is 3.86. The number of phenolic OH excluding ortho intramolecular Hbond substituents is 1. The second-order valence-electron chi connectivity index (χ2n) is 5.31. The number of fused-ring (bicyclic) bond motifs is 1. The second kappa shape index (κ2) is 5.67. The summed E-state index contributed by atoms with van der Waals surface area (Å²) in [6, 6.07) is 3.81. The highest BCUT2D eigenvalue weighted by Gasteiger charge is 2.31. The second-order valence-corrected chi connectivity index (χ2v) is 5.31. The molecule has 0 saturated heterocycles. The van der Waals surface area contributed by atoms with Gasteiger partial charge in [0.1, 0.15) is 11.6 Å². The number of esters is 1. The number of phenols is 1. The summed E-state index contributed by atoms with van der Waals surface area (Å²) in [7, 11) is 1.35. The van der Waals surface area contributed by atoms with Crippen molar-refractivity contribution < 1.29 is 19.0 Å². The molecular formula is C15H16FN3O3. The number of H-pyrrole nitrogens is 1. The van der Waals surface area contributed by atoms with Crippen LogP contribution in [-0.4, -0.2) is 34.9 Å². The molecule has 2 heterocycles. The van der Waals surface area contributed by atoms with Crippen molar-refractivity contribution in [2.75, 3.05) is 18.6 Å². The number of methoxy groups -OCH3 is 1. The molecule has 1 unspecified atom stereocenters. The fraction of sp³-hybridized carbons (Fsp3) is 0.333. The highest BCUT2D eigenvalue weighted by Crippen LogP contribution is 2.31. The maximum Gasteiger partial charge on any atom is 0.310 e. The van der Waals surface area contributed by atoms with Gasteiger partial charge in [0.2, 0.25) is 0 Å². The molecule has 6 nitrogen and oxygen atoms in total. The number of ether oxygens (including phenoxy) is 1. The molecule has 0 amide bonds. The van der Waals surface area contributed by atoms with Gasteiger partial charge in [0, 0.05) is 25.1 Å². The molecule has 1 aromatic heterocycles. The van der Waals surface area contributed by atoms with E-state index in [4.69, 9.17) is 4.74 Å². The van der Waals surface area contributed by atoms with Gasteiger partial charge in [-0.1, -0.05) is 0 Å². The Morgan fingerprint density at radius 2 is 2.41 bits per heavy atom. The highest BCUT2D eigenvalue weighted by atomic mass is 19.1. The van der Waals surface area contributed by atoms with Crippen molar-refractivity contribution in [2.45, 2.75) is 13.0 Å². The van der Waals surface area contributed by atoms with Crippen LogP contribution in [-0.2, 0) is 22.5 Å². The molecule has 1 aliphatic heterocycles. The first-order valence-electron chi connectivity index (χ1n) is 6.91. The molecule has 7 heteroatoms. The molecular weight excluding hydrogens is 289 g/mol. The maximum absolute atomic E-state index is 13.4. The minimum absolute atomic E-state index is 0.0200. The standard InChI is InChI=1S/C15H16FN3O3/c1-22-15(21)10-5-12-13(6-17-18-12)19(8-10)7-9-4-11(16)2-3-14(9)20/h2-4,6,10,20H,5,7-8H2,1H3,(H,17,18). The van der Waals surface area contributed by atoms with E-state index in [9.17, 15) is 14.3 Å². The maximum atomic E-state index is 13.4. The predicted molar refractivity (Wildman–Crippen MR) is 76.9 cm³/mol. The van der Waals surface area contributed by atoms with Crippen LogP contribution in [0.1, 0.15) is 11.3 Å². The third kappa shape index (κ3) is 2.61. The fourth-order valence-corrected chi connectivity index (χ4v) is 2.77. The van der Waals surface area contributed by atoms with Crippen molar-refractivity contribution in [1.29, 1.82) is 0 Å². The van der Waals surface area contributed by atoms with Crippen molar-refractivity contribution in [3.05, 3.63) is 41.5 Å². The Morgan fingerprint density at radius 1 is 1.59 bits per heavy atom. The van der Waals surface area contributed by atoms with Crippen LogP contribution in [0.2, 0.25) is 0 Å². The predicted octanol–water partition coefficient (Wildman–Crippen LogP) is 1.61. The van der Waals surface area contributed by atoms with Gasteiger partial charge in [-0.25, -0.2) is 4.39 Å². The van der Waals surface area contributed by atoms with Crippen LogP contribution < -0.4 is 4.90 Å². The van der Waals surface area contributed by atoms with Gasteiger partial charge >= 0.3 is 5.97 Å². The SMILES string of the molecule is COC(=O)C1Cc2[nH]ncc2N(Cc2cc(F)ccc2O)C1. The van der Waals surface area contributed by atoms with Crippen molar-refractivity contribution in [2.24, 2.45) is 5.92 Å². The van der Waals surface area contributed by atoms with Crippen molar-refractivity contribution >= 4 is 11.7 Å². The van der Waals surface area contributed by atoms with E-state index in [0.29, 0.717) is 18.5 Å². The number of aromatic hydroxyl groups is 1. The van der Waals surface area contributed by atoms with Crippen LogP contribution in [0.25, 0.3) is 0 Å². The molecule has 22 heavy (non-hydrogen) atoms. The number of rotatable bonds is 3. The summed E-state index contributed by atoms with van der Waals surface area (Å²) in [5, 5.41) is 16.7. The lowest BCUT2D eigenvalue weighted by atomic mass is 9.96. The van der Waals surface area contributed by atoms with Crippen LogP contribution in [0.5, 0.6) is 5.75 Å². The monoisotopic (exact) mass is 305 g/mol. The molecule has 0 fully saturated rings. The summed E-state index contributed by atoms with van der Waals surface area (Å²) in [5.41, 5.74) is 2.14. The van der Waals surface area contributed by atoms with Gasteiger partial charge in [-0.15, -0.1) is 0 Å². The topological polar surface area (TPSA) is 78.5 Å². The van der Waals surface area contributed by atoms with Gasteiger partial charge in [-0.3, -0.25) is 9.89 Å². The number of aromatic nitrogens is 2. The van der Waals surface area contributed by atoms with Crippen LogP contribution in [0, 0.1) is 11.7 Å². The van der Waals surface area contributed by atoms with Crippen molar-refractivity contribution in [3.63, 3.8) is 0 Å². The smallest absolute Gasteiger partial charge is 0.310 e. The highest BCUT2D eigenvalue weighted by molar-refractivity contribution is 5.75. The van der Waals surface area contributed by atoms with Crippen molar-refractivity contribution in [1.82, 2.24) is 10.2 Å². The van der Waals surface area contributed by atoms with Gasteiger partial charge in [-0.05, 0) is 18.2 Å². The molecule has 1 aliphatic rings. The number of halogens is 1. The van der Waals surface area contributed by atoms with E-state index in [0.717, 1.165) is 11.4 Å². The lowest BCUT2D eigenvalue weighted by Crippen LogP contribution is -2.38. The van der Waals surface area contributed by atoms with Gasteiger partial charge in [0.05, 0.1) is 30.6 Å². The van der Waals surface area contributed by atoms with E-state index in [1.54, 1.807) is 6.20 Å². The zero-order valence-electron chi connectivity index (χ0n) is 12.0. The molecule has 0 bridgehead atoms. The first kappa shape index (κ1) is 14.4. The number of nitrogens with one attached hydrogen (secondary N) is 1. The lowest BCUT2D eigenvalue weighted by Gasteiger charge is -2.32. The number of nitrogens with zero attached hydrogens (tertiary/aromatic N) is 2. The Labute approximate surface area is 126 Å². The summed E-state index contributed by atoms with van der Waals surface area (Å²) in [6.45, 7) is 0.707. The molecule has 2 aromatic rings. The average molecular weight is 305 g/mol. The minimum atomic E-state index is -0.415. The Morgan fingerprint density at radius 3 is 3.18 bits per heavy atom. The molecule has 2 N–H and O–H groups in total. The average Bonchev–Trinajstić information content (AvgIpc) is 2.98. The van der Waals surface area contributed by atoms with Crippen LogP contribution >= 0.6 is 0 Å². The largest absolute Gasteiger partial charge is 0.508 e. The molecule has 0 spiro atoms. The van der Waals surface area contributed by atoms with Gasteiger partial charge < -0.3 is 14.7 Å². The zero-order valence-corrected chi connectivity index (χ0v) is 12.0. The molecule has 0 saturated carbocycles. The first-order valence-corrected chi connectivity index (χ1v) is 6.91. The first-order chi connectivity index (χ1) is 10.6. The quantitative estimate of drug-likeness (QED) is 0.842. The lowest BCUT2D eigenvalue weighted by molar-refractivity contribution is -0.145. The molecule has 116 valence electrons. The summed E-state index contributed by atoms with van der Waals surface area (Å²) in [6.07, 6.45) is 2.19. The number of hydrogen-bond acceptors (Lipinski definition) is 5. The van der Waals surface area contributed by atoms with Crippen LogP contribution in [0.4, 0.5) is 10.1 Å². The number of anilines is 1. The molecule has 1 atom stereocenters. The molecule has 0 aliphatic carbocycles. The Kier molecular flexibility index (Phi) is 3.70. The van der Waals surface area contributed by atoms with E-state index in [1.165, 1.54) is 25.3 Å². The summed E-state index contributed by atoms with van der Waals surface area (Å²) < 4.78 is 18.2. The van der Waals surface area contributed by atoms with E-state index in [1.807, 2.05) is 4.90 Å². The van der Waals surface area contributed by atoms with Crippen LogP contribution in [0.3, 0.4) is 0 Å². The summed E-state index contributed by atoms with van der Waals surface area (Å²) in [5.74, 6) is -1.02. The van der Waals surface area contributed by atoms with E-state index >= 15 is 0 Å². The Hall–Kier alpha value is -2.57. The van der Waals surface area contributed by atoms with Crippen molar-refractivity contribution in [3.8, 4) is 5.75 Å². The van der Waals surface area contributed by atoms with E-state index < -0.39 is 5.82 Å². The number of hydrogen-bond donors (Lipinski definition) is 2. The number of aromatic amines is 1. The Bertz CT molecular complexity index is 701. The van der Waals surface area contributed by atoms with Gasteiger partial charge in [0.25, 0.3) is 0 Å². The third-order valence-corrected chi connectivity index (χ3v) is 3.86. The van der Waals surface area contributed by atoms with Gasteiger partial charge in [-0.2, -0.15) is 5.10 Å². The summed E-state index contributed by atoms with van der Waals surface area (Å²) in [4.78, 5) is 13.7. The normalized spacial score (nSPS) is 17.2. The number of carbonyl (C=O) groups excluding carboxylic acids is 1. The van der Waals surface area contributed by atoms with E-state index in [2.05, 4.69) is 10.2 Å². The fourth-order valence-electron chi connectivity index (χ4n) is 2.77. The molecule has 0 radical (unpaired) electrons. The molecule has 1 aromatic carbocycles. The molecule has 3 rings (SSSR count). The Balaban J connectivity index is 1.89. The van der Waals surface area contributed by atoms with Crippen LogP contribution in [0.15, 0.2) is 24.4 Å². The van der Waals surface area contributed by atoms with E-state index in [-0.39, 0.29) is 24.2 Å². The zero-order chi connectivity index (χ0) is 15.7. The summed E-state index contributed by atoms with van der Waals surface area (Å²) >= 11 is 0. The number of benzene rings is 1. The van der Waals surface area contributed by atoms with Gasteiger partial charge in [0.15, 0.2) is 0 Å².